The molecule has 0 radical (unpaired) electrons. The standard InChI is InChI=1S/C19H18N6O6/c1-30-13-7-3-5-11(9-13)21-18-16(24(26)27)15(20)17(25(28)29)19(23-18)22-12-6-4-8-14(10-12)31-2/h3-10H,1-2H3,(H4,20,21,22,23). The number of nitrogen functional groups attached to an aromatic ring is 1. The van der Waals surface area contributed by atoms with Crippen LogP contribution >= 0.6 is 0 Å². The molecule has 0 amide bonds. The second kappa shape index (κ2) is 8.82. The molecule has 160 valence electrons. The minimum atomic E-state index is -0.826. The Kier molecular flexibility index (Phi) is 6.00. The van der Waals surface area contributed by atoms with Crippen LogP contribution in [0.3, 0.4) is 0 Å². The first-order valence-electron chi connectivity index (χ1n) is 8.78. The SMILES string of the molecule is COc1cccc(Nc2nc(Nc3cccc(OC)c3)c([N+](=O)[O-])c(N)c2[N+](=O)[O-])c1. The van der Waals surface area contributed by atoms with E-state index in [-0.39, 0.29) is 11.6 Å². The number of nitro groups is 2. The Morgan fingerprint density at radius 3 is 1.61 bits per heavy atom. The van der Waals surface area contributed by atoms with Crippen LogP contribution in [0.15, 0.2) is 48.5 Å². The number of rotatable bonds is 8. The van der Waals surface area contributed by atoms with E-state index in [0.717, 1.165) is 0 Å². The Labute approximate surface area is 175 Å². The van der Waals surface area contributed by atoms with E-state index in [1.54, 1.807) is 48.5 Å². The molecule has 0 aliphatic carbocycles. The van der Waals surface area contributed by atoms with Gasteiger partial charge in [0.15, 0.2) is 5.69 Å². The second-order valence-electron chi connectivity index (χ2n) is 6.15. The van der Waals surface area contributed by atoms with Crippen LogP contribution in [0.1, 0.15) is 0 Å². The third-order valence-corrected chi connectivity index (χ3v) is 4.21. The molecule has 0 fully saturated rings. The van der Waals surface area contributed by atoms with Gasteiger partial charge in [-0.25, -0.2) is 0 Å². The Balaban J connectivity index is 2.14. The molecule has 3 rings (SSSR count). The van der Waals surface area contributed by atoms with E-state index in [1.165, 1.54) is 14.2 Å². The third kappa shape index (κ3) is 4.53. The van der Waals surface area contributed by atoms with Crippen molar-refractivity contribution < 1.29 is 19.3 Å². The molecule has 31 heavy (non-hydrogen) atoms. The van der Waals surface area contributed by atoms with E-state index >= 15 is 0 Å². The maximum atomic E-state index is 11.6. The van der Waals surface area contributed by atoms with Gasteiger partial charge in [0.1, 0.15) is 11.5 Å². The lowest BCUT2D eigenvalue weighted by Crippen LogP contribution is -2.10. The first kappa shape index (κ1) is 21.1. The van der Waals surface area contributed by atoms with Gasteiger partial charge in [-0.3, -0.25) is 20.2 Å². The summed E-state index contributed by atoms with van der Waals surface area (Å²) in [6.07, 6.45) is 0. The van der Waals surface area contributed by atoms with E-state index in [9.17, 15) is 20.2 Å². The summed E-state index contributed by atoms with van der Waals surface area (Å²) in [5, 5.41) is 28.9. The van der Waals surface area contributed by atoms with Gasteiger partial charge in [-0.15, -0.1) is 0 Å². The maximum Gasteiger partial charge on any atom is 0.341 e. The molecule has 1 heterocycles. The van der Waals surface area contributed by atoms with Crippen LogP contribution in [-0.2, 0) is 0 Å². The molecule has 1 aromatic heterocycles. The molecular weight excluding hydrogens is 408 g/mol. The van der Waals surface area contributed by atoms with E-state index in [0.29, 0.717) is 22.9 Å². The van der Waals surface area contributed by atoms with Crippen molar-refractivity contribution in [3.8, 4) is 11.5 Å². The number of nitrogens with two attached hydrogens (primary N) is 1. The van der Waals surface area contributed by atoms with E-state index in [4.69, 9.17) is 15.2 Å². The van der Waals surface area contributed by atoms with Crippen LogP contribution in [0.2, 0.25) is 0 Å². The highest BCUT2D eigenvalue weighted by atomic mass is 16.6. The van der Waals surface area contributed by atoms with Gasteiger partial charge in [0.2, 0.25) is 11.6 Å². The zero-order valence-electron chi connectivity index (χ0n) is 16.5. The maximum absolute atomic E-state index is 11.6. The summed E-state index contributed by atoms with van der Waals surface area (Å²) in [6, 6.07) is 13.1. The monoisotopic (exact) mass is 426 g/mol. The third-order valence-electron chi connectivity index (χ3n) is 4.21. The molecule has 0 aliphatic rings. The van der Waals surface area contributed by atoms with Crippen molar-refractivity contribution in [2.24, 2.45) is 0 Å². The molecular formula is C19H18N6O6. The number of hydrogen-bond donors (Lipinski definition) is 3. The van der Waals surface area contributed by atoms with E-state index < -0.39 is 26.9 Å². The summed E-state index contributed by atoms with van der Waals surface area (Å²) in [6.45, 7) is 0. The number of nitrogens with one attached hydrogen (secondary N) is 2. The molecule has 0 aliphatic heterocycles. The molecule has 12 nitrogen and oxygen atoms in total. The molecule has 0 bridgehead atoms. The van der Waals surface area contributed by atoms with Crippen molar-refractivity contribution in [1.82, 2.24) is 4.98 Å². The predicted octanol–water partition coefficient (Wildman–Crippen LogP) is 3.98. The average Bonchev–Trinajstić information content (AvgIpc) is 2.73. The van der Waals surface area contributed by atoms with Crippen LogP contribution in [0.5, 0.6) is 11.5 Å². The summed E-state index contributed by atoms with van der Waals surface area (Å²) in [4.78, 5) is 25.7. The summed E-state index contributed by atoms with van der Waals surface area (Å²) >= 11 is 0. The van der Waals surface area contributed by atoms with Crippen LogP contribution in [0.4, 0.5) is 40.1 Å². The van der Waals surface area contributed by atoms with Crippen LogP contribution in [-0.4, -0.2) is 29.1 Å². The molecule has 0 unspecified atom stereocenters. The number of hydrogen-bond acceptors (Lipinski definition) is 10. The number of anilines is 5. The van der Waals surface area contributed by atoms with Gasteiger partial charge in [0.25, 0.3) is 0 Å². The van der Waals surface area contributed by atoms with Crippen LogP contribution in [0.25, 0.3) is 0 Å². The molecule has 0 saturated heterocycles. The Hall–Kier alpha value is -4.61. The second-order valence-corrected chi connectivity index (χ2v) is 6.15. The lowest BCUT2D eigenvalue weighted by molar-refractivity contribution is -0.391. The molecule has 12 heteroatoms. The van der Waals surface area contributed by atoms with Gasteiger partial charge in [0, 0.05) is 23.5 Å². The van der Waals surface area contributed by atoms with E-state index in [1.807, 2.05) is 0 Å². The van der Waals surface area contributed by atoms with Gasteiger partial charge in [-0.05, 0) is 24.3 Å². The van der Waals surface area contributed by atoms with Gasteiger partial charge in [-0.2, -0.15) is 4.98 Å². The first-order valence-corrected chi connectivity index (χ1v) is 8.78. The Morgan fingerprint density at radius 1 is 0.839 bits per heavy atom. The summed E-state index contributed by atoms with van der Waals surface area (Å²) in [5.41, 5.74) is 4.61. The molecule has 3 aromatic rings. The van der Waals surface area contributed by atoms with Crippen LogP contribution in [0, 0.1) is 20.2 Å². The lowest BCUT2D eigenvalue weighted by atomic mass is 10.2. The Bertz CT molecular complexity index is 1070. The molecule has 2 aromatic carbocycles. The highest BCUT2D eigenvalue weighted by Crippen LogP contribution is 2.43. The predicted molar refractivity (Wildman–Crippen MR) is 115 cm³/mol. The Morgan fingerprint density at radius 2 is 1.26 bits per heavy atom. The summed E-state index contributed by atoms with van der Waals surface area (Å²) < 4.78 is 10.3. The van der Waals surface area contributed by atoms with Crippen LogP contribution < -0.4 is 25.8 Å². The highest BCUT2D eigenvalue weighted by Gasteiger charge is 2.33. The average molecular weight is 426 g/mol. The van der Waals surface area contributed by atoms with Crippen molar-refractivity contribution in [2.75, 3.05) is 30.6 Å². The fourth-order valence-electron chi connectivity index (χ4n) is 2.80. The van der Waals surface area contributed by atoms with Crippen molar-refractivity contribution in [3.05, 3.63) is 68.8 Å². The van der Waals surface area contributed by atoms with Gasteiger partial charge in [-0.1, -0.05) is 12.1 Å². The van der Waals surface area contributed by atoms with Gasteiger partial charge >= 0.3 is 11.4 Å². The first-order chi connectivity index (χ1) is 14.8. The normalized spacial score (nSPS) is 10.3. The fraction of sp³-hybridized carbons (Fsp3) is 0.105. The smallest absolute Gasteiger partial charge is 0.341 e. The summed E-state index contributed by atoms with van der Waals surface area (Å²) in [5.74, 6) is 0.452. The quantitative estimate of drug-likeness (QED) is 0.354. The zero-order valence-corrected chi connectivity index (χ0v) is 16.5. The number of pyridine rings is 1. The highest BCUT2D eigenvalue weighted by molar-refractivity contribution is 5.88. The van der Waals surface area contributed by atoms with E-state index in [2.05, 4.69) is 15.6 Å². The number of aromatic nitrogens is 1. The number of benzene rings is 2. The molecule has 4 N–H and O–H groups in total. The fourth-order valence-corrected chi connectivity index (χ4v) is 2.80. The number of nitrogens with zero attached hydrogens (tertiary/aromatic N) is 3. The van der Waals surface area contributed by atoms with Gasteiger partial charge < -0.3 is 25.8 Å². The minimum absolute atomic E-state index is 0.272. The van der Waals surface area contributed by atoms with Crippen molar-refractivity contribution in [3.63, 3.8) is 0 Å². The number of methoxy groups -OCH3 is 2. The largest absolute Gasteiger partial charge is 0.497 e. The molecule has 0 atom stereocenters. The number of ether oxygens (including phenoxy) is 2. The molecule has 0 spiro atoms. The minimum Gasteiger partial charge on any atom is -0.497 e. The van der Waals surface area contributed by atoms with Crippen molar-refractivity contribution in [1.29, 1.82) is 0 Å². The zero-order chi connectivity index (χ0) is 22.5. The topological polar surface area (TPSA) is 168 Å². The van der Waals surface area contributed by atoms with Crippen molar-refractivity contribution in [2.45, 2.75) is 0 Å². The summed E-state index contributed by atoms with van der Waals surface area (Å²) in [7, 11) is 2.94. The van der Waals surface area contributed by atoms with Crippen molar-refractivity contribution >= 4 is 40.1 Å². The van der Waals surface area contributed by atoms with Gasteiger partial charge in [0.05, 0.1) is 24.1 Å². The molecule has 0 saturated carbocycles. The lowest BCUT2D eigenvalue weighted by Gasteiger charge is -2.13.